The van der Waals surface area contributed by atoms with Crippen LogP contribution in [0.4, 0.5) is 4.79 Å². The predicted octanol–water partition coefficient (Wildman–Crippen LogP) is 3.63. The third kappa shape index (κ3) is 4.61. The summed E-state index contributed by atoms with van der Waals surface area (Å²) in [5.41, 5.74) is 4.69. The van der Waals surface area contributed by atoms with E-state index in [1.807, 2.05) is 24.3 Å². The Bertz CT molecular complexity index is 975. The van der Waals surface area contributed by atoms with Crippen LogP contribution in [-0.4, -0.2) is 54.2 Å². The van der Waals surface area contributed by atoms with Crippen molar-refractivity contribution in [3.63, 3.8) is 0 Å². The van der Waals surface area contributed by atoms with Crippen LogP contribution in [0.25, 0.3) is 11.1 Å². The molecule has 2 atom stereocenters. The number of hydrogen-bond donors (Lipinski definition) is 2. The van der Waals surface area contributed by atoms with Gasteiger partial charge in [-0.2, -0.15) is 0 Å². The van der Waals surface area contributed by atoms with Gasteiger partial charge in [0, 0.05) is 31.5 Å². The number of nitrogens with zero attached hydrogens (tertiary/aromatic N) is 1. The van der Waals surface area contributed by atoms with Crippen molar-refractivity contribution in [3.05, 3.63) is 59.7 Å². The van der Waals surface area contributed by atoms with E-state index >= 15 is 0 Å². The van der Waals surface area contributed by atoms with E-state index in [9.17, 15) is 14.4 Å². The molecule has 2 unspecified atom stereocenters. The van der Waals surface area contributed by atoms with Crippen LogP contribution < -0.4 is 5.32 Å². The van der Waals surface area contributed by atoms with Crippen molar-refractivity contribution >= 4 is 18.0 Å². The molecule has 1 saturated carbocycles. The topological polar surface area (TPSA) is 95.9 Å². The number of carbonyl (C=O) groups is 3. The fourth-order valence-electron chi connectivity index (χ4n) is 4.83. The molecular weight excluding hydrogens is 408 g/mol. The Morgan fingerprint density at radius 2 is 1.66 bits per heavy atom. The summed E-state index contributed by atoms with van der Waals surface area (Å²) >= 11 is 0. The Morgan fingerprint density at radius 1 is 1.03 bits per heavy atom. The van der Waals surface area contributed by atoms with Crippen molar-refractivity contribution in [2.24, 2.45) is 5.92 Å². The highest BCUT2D eigenvalue weighted by Crippen LogP contribution is 2.44. The molecule has 2 amide bonds. The largest absolute Gasteiger partial charge is 0.481 e. The molecule has 7 nitrogen and oxygen atoms in total. The van der Waals surface area contributed by atoms with Crippen LogP contribution in [0.5, 0.6) is 0 Å². The van der Waals surface area contributed by atoms with Crippen LogP contribution in [-0.2, 0) is 14.3 Å². The van der Waals surface area contributed by atoms with Gasteiger partial charge in [-0.25, -0.2) is 4.79 Å². The van der Waals surface area contributed by atoms with Gasteiger partial charge in [-0.3, -0.25) is 9.59 Å². The summed E-state index contributed by atoms with van der Waals surface area (Å²) in [6.45, 7) is 0.446. The Labute approximate surface area is 187 Å². The molecule has 0 radical (unpaired) electrons. The van der Waals surface area contributed by atoms with Gasteiger partial charge in [0.15, 0.2) is 0 Å². The summed E-state index contributed by atoms with van der Waals surface area (Å²) < 4.78 is 5.60. The second kappa shape index (κ2) is 9.42. The number of carbonyl (C=O) groups excluding carboxylic acids is 2. The first-order valence-electron chi connectivity index (χ1n) is 11.0. The van der Waals surface area contributed by atoms with E-state index in [0.717, 1.165) is 11.1 Å². The monoisotopic (exact) mass is 436 g/mol. The van der Waals surface area contributed by atoms with Gasteiger partial charge in [0.2, 0.25) is 5.91 Å². The molecule has 2 N–H and O–H groups in total. The standard InChI is InChI=1S/C25H28N2O5/c1-27(13-12-23(28)29)24(30)16-10-11-17(14-16)26-25(31)32-15-22-20-8-4-2-6-18(20)19-7-3-5-9-21(19)22/h2-9,16-17,22H,10-15H2,1H3,(H,26,31)(H,28,29). The molecule has 7 heteroatoms. The molecule has 168 valence electrons. The van der Waals surface area contributed by atoms with Crippen molar-refractivity contribution in [1.29, 1.82) is 0 Å². The number of nitrogens with one attached hydrogen (secondary N) is 1. The molecule has 0 saturated heterocycles. The molecule has 0 bridgehead atoms. The maximum Gasteiger partial charge on any atom is 0.407 e. The predicted molar refractivity (Wildman–Crippen MR) is 119 cm³/mol. The minimum absolute atomic E-state index is 0.00828. The van der Waals surface area contributed by atoms with Crippen molar-refractivity contribution in [2.75, 3.05) is 20.2 Å². The first kappa shape index (κ1) is 21.9. The maximum absolute atomic E-state index is 12.5. The zero-order chi connectivity index (χ0) is 22.7. The number of benzene rings is 2. The lowest BCUT2D eigenvalue weighted by atomic mass is 9.98. The molecule has 2 aromatic rings. The van der Waals surface area contributed by atoms with Crippen LogP contribution >= 0.6 is 0 Å². The first-order valence-corrected chi connectivity index (χ1v) is 11.0. The molecule has 2 aliphatic rings. The van der Waals surface area contributed by atoms with Gasteiger partial charge in [-0.15, -0.1) is 0 Å². The number of alkyl carbamates (subject to hydrolysis) is 1. The Hall–Kier alpha value is -3.35. The summed E-state index contributed by atoms with van der Waals surface area (Å²) in [5, 5.41) is 11.7. The molecule has 0 aromatic heterocycles. The number of fused-ring (bicyclic) bond motifs is 3. The highest BCUT2D eigenvalue weighted by molar-refractivity contribution is 5.80. The lowest BCUT2D eigenvalue weighted by molar-refractivity contribution is -0.139. The van der Waals surface area contributed by atoms with Crippen LogP contribution in [0.15, 0.2) is 48.5 Å². The summed E-state index contributed by atoms with van der Waals surface area (Å²) in [5.74, 6) is -1.18. The summed E-state index contributed by atoms with van der Waals surface area (Å²) in [6.07, 6.45) is 1.37. The quantitative estimate of drug-likeness (QED) is 0.691. The number of carboxylic acids is 1. The normalized spacial score (nSPS) is 19.2. The molecule has 0 heterocycles. The van der Waals surface area contributed by atoms with Crippen molar-refractivity contribution in [3.8, 4) is 11.1 Å². The highest BCUT2D eigenvalue weighted by atomic mass is 16.5. The van der Waals surface area contributed by atoms with Crippen LogP contribution in [0, 0.1) is 5.92 Å². The van der Waals surface area contributed by atoms with Gasteiger partial charge in [0.05, 0.1) is 6.42 Å². The van der Waals surface area contributed by atoms with E-state index in [0.29, 0.717) is 19.3 Å². The summed E-state index contributed by atoms with van der Waals surface area (Å²) in [6, 6.07) is 16.3. The van der Waals surface area contributed by atoms with Gasteiger partial charge >= 0.3 is 12.1 Å². The average Bonchev–Trinajstić information content (AvgIpc) is 3.38. The van der Waals surface area contributed by atoms with E-state index in [4.69, 9.17) is 9.84 Å². The molecule has 2 aromatic carbocycles. The molecule has 32 heavy (non-hydrogen) atoms. The van der Waals surface area contributed by atoms with E-state index < -0.39 is 12.1 Å². The van der Waals surface area contributed by atoms with Crippen molar-refractivity contribution in [1.82, 2.24) is 10.2 Å². The second-order valence-electron chi connectivity index (χ2n) is 8.58. The zero-order valence-corrected chi connectivity index (χ0v) is 18.1. The molecular formula is C25H28N2O5. The van der Waals surface area contributed by atoms with E-state index in [-0.39, 0.29) is 43.4 Å². The van der Waals surface area contributed by atoms with E-state index in [1.165, 1.54) is 16.0 Å². The number of aliphatic carboxylic acids is 1. The van der Waals surface area contributed by atoms with Gasteiger partial charge in [-0.05, 0) is 41.5 Å². The minimum atomic E-state index is -0.925. The van der Waals surface area contributed by atoms with Crippen molar-refractivity contribution in [2.45, 2.75) is 37.6 Å². The number of amides is 2. The molecule has 4 rings (SSSR count). The number of hydrogen-bond acceptors (Lipinski definition) is 4. The van der Waals surface area contributed by atoms with E-state index in [1.54, 1.807) is 7.05 Å². The Kier molecular flexibility index (Phi) is 6.44. The zero-order valence-electron chi connectivity index (χ0n) is 18.1. The van der Waals surface area contributed by atoms with Gasteiger partial charge in [0.25, 0.3) is 0 Å². The van der Waals surface area contributed by atoms with Crippen molar-refractivity contribution < 1.29 is 24.2 Å². The number of ether oxygens (including phenoxy) is 1. The second-order valence-corrected chi connectivity index (χ2v) is 8.58. The minimum Gasteiger partial charge on any atom is -0.481 e. The maximum atomic E-state index is 12.5. The average molecular weight is 437 g/mol. The molecule has 2 aliphatic carbocycles. The lowest BCUT2D eigenvalue weighted by Crippen LogP contribution is -2.36. The lowest BCUT2D eigenvalue weighted by Gasteiger charge is -2.20. The molecule has 0 aliphatic heterocycles. The Morgan fingerprint density at radius 3 is 2.28 bits per heavy atom. The van der Waals surface area contributed by atoms with Gasteiger partial charge in [0.1, 0.15) is 6.61 Å². The fraction of sp³-hybridized carbons (Fsp3) is 0.400. The highest BCUT2D eigenvalue weighted by Gasteiger charge is 2.33. The third-order valence-electron chi connectivity index (χ3n) is 6.48. The van der Waals surface area contributed by atoms with E-state index in [2.05, 4.69) is 29.6 Å². The SMILES string of the molecule is CN(CCC(=O)O)C(=O)C1CCC(NC(=O)OCC2c3ccccc3-c3ccccc32)C1. The summed E-state index contributed by atoms with van der Waals surface area (Å²) in [7, 11) is 1.62. The van der Waals surface area contributed by atoms with Gasteiger partial charge in [-0.1, -0.05) is 48.5 Å². The summed E-state index contributed by atoms with van der Waals surface area (Å²) in [4.78, 5) is 37.2. The number of carboxylic acid groups (broad SMARTS) is 1. The van der Waals surface area contributed by atoms with Gasteiger partial charge < -0.3 is 20.1 Å². The third-order valence-corrected chi connectivity index (χ3v) is 6.48. The van der Waals surface area contributed by atoms with Crippen LogP contribution in [0.3, 0.4) is 0 Å². The fourth-order valence-corrected chi connectivity index (χ4v) is 4.83. The molecule has 0 spiro atoms. The first-order chi connectivity index (χ1) is 15.4. The van der Waals surface area contributed by atoms with Crippen LogP contribution in [0.1, 0.15) is 42.7 Å². The smallest absolute Gasteiger partial charge is 0.407 e. The molecule has 1 fully saturated rings. The number of rotatable bonds is 7. The Balaban J connectivity index is 1.29. The van der Waals surface area contributed by atoms with Crippen LogP contribution in [0.2, 0.25) is 0 Å².